The molecule has 0 aromatic carbocycles. The van der Waals surface area contributed by atoms with E-state index >= 15 is 0 Å². The summed E-state index contributed by atoms with van der Waals surface area (Å²) in [5, 5.41) is 3.14. The quantitative estimate of drug-likeness (QED) is 0.374. The molecule has 6 nitrogen and oxygen atoms in total. The van der Waals surface area contributed by atoms with Gasteiger partial charge in [0.15, 0.2) is 0 Å². The number of aromatic nitrogens is 2. The average molecular weight is 231 g/mol. The van der Waals surface area contributed by atoms with Crippen molar-refractivity contribution in [1.82, 2.24) is 15.3 Å². The molecule has 4 N–H and O–H groups in total. The summed E-state index contributed by atoms with van der Waals surface area (Å²) in [4.78, 5) is 25.5. The van der Waals surface area contributed by atoms with Gasteiger partial charge in [-0.3, -0.25) is 0 Å². The fourth-order valence-electron chi connectivity index (χ4n) is 1.15. The van der Waals surface area contributed by atoms with Gasteiger partial charge in [-0.05, 0) is 13.0 Å². The number of aromatic amines is 1. The Morgan fingerprint density at radius 1 is 1.60 bits per heavy atom. The second kappa shape index (κ2) is 5.98. The zero-order valence-corrected chi connectivity index (χ0v) is 9.73. The highest BCUT2D eigenvalue weighted by Crippen LogP contribution is 2.04. The van der Waals surface area contributed by atoms with Gasteiger partial charge in [0.2, 0.25) is 0 Å². The molecule has 1 rings (SSSR count). The van der Waals surface area contributed by atoms with Crippen molar-refractivity contribution in [2.24, 2.45) is 0 Å². The summed E-state index contributed by atoms with van der Waals surface area (Å²) < 4.78 is 4.59. The van der Waals surface area contributed by atoms with E-state index in [4.69, 9.17) is 0 Å². The van der Waals surface area contributed by atoms with Gasteiger partial charge in [-0.1, -0.05) is 0 Å². The first-order chi connectivity index (χ1) is 7.14. The molecule has 0 unspecified atom stereocenters. The zero-order valence-electron chi connectivity index (χ0n) is 8.73. The SMILES string of the molecule is CO[Si](O)(O)CCCNCc1ncc[nH]1. The van der Waals surface area contributed by atoms with Gasteiger partial charge in [0, 0.05) is 25.5 Å². The zero-order chi connectivity index (χ0) is 11.1. The molecule has 0 aliphatic carbocycles. The second-order valence-corrected chi connectivity index (χ2v) is 5.66. The normalized spacial score (nSPS) is 11.9. The van der Waals surface area contributed by atoms with E-state index in [1.165, 1.54) is 7.11 Å². The van der Waals surface area contributed by atoms with Crippen LogP contribution >= 0.6 is 0 Å². The molecule has 1 heterocycles. The lowest BCUT2D eigenvalue weighted by Crippen LogP contribution is -2.38. The van der Waals surface area contributed by atoms with Gasteiger partial charge in [-0.25, -0.2) is 4.98 Å². The summed E-state index contributed by atoms with van der Waals surface area (Å²) >= 11 is 0. The molecule has 0 fully saturated rings. The average Bonchev–Trinajstić information content (AvgIpc) is 2.70. The molecule has 0 spiro atoms. The van der Waals surface area contributed by atoms with Crippen LogP contribution in [0.15, 0.2) is 12.4 Å². The maximum absolute atomic E-state index is 9.23. The Bertz CT molecular complexity index is 266. The van der Waals surface area contributed by atoms with Gasteiger partial charge in [0.25, 0.3) is 0 Å². The Balaban J connectivity index is 2.03. The number of hydrogen-bond acceptors (Lipinski definition) is 5. The van der Waals surface area contributed by atoms with Crippen LogP contribution in [-0.2, 0) is 11.0 Å². The van der Waals surface area contributed by atoms with Crippen LogP contribution in [0, 0.1) is 0 Å². The van der Waals surface area contributed by atoms with E-state index in [9.17, 15) is 9.59 Å². The lowest BCUT2D eigenvalue weighted by Gasteiger charge is -2.14. The molecule has 0 amide bonds. The summed E-state index contributed by atoms with van der Waals surface area (Å²) in [6.45, 7) is 1.37. The molecule has 15 heavy (non-hydrogen) atoms. The monoisotopic (exact) mass is 231 g/mol. The number of hydrogen-bond donors (Lipinski definition) is 4. The van der Waals surface area contributed by atoms with Crippen molar-refractivity contribution in [1.29, 1.82) is 0 Å². The van der Waals surface area contributed by atoms with Crippen molar-refractivity contribution < 1.29 is 14.0 Å². The van der Waals surface area contributed by atoms with E-state index in [0.717, 1.165) is 5.82 Å². The Labute approximate surface area is 89.7 Å². The van der Waals surface area contributed by atoms with Crippen LogP contribution < -0.4 is 5.32 Å². The number of rotatable bonds is 7. The van der Waals surface area contributed by atoms with Crippen molar-refractivity contribution >= 4 is 8.80 Å². The molecule has 1 aromatic rings. The first kappa shape index (κ1) is 12.3. The van der Waals surface area contributed by atoms with Crippen molar-refractivity contribution in [3.63, 3.8) is 0 Å². The summed E-state index contributed by atoms with van der Waals surface area (Å²) in [6, 6.07) is 0.314. The number of imidazole rings is 1. The Hall–Kier alpha value is -0.733. The van der Waals surface area contributed by atoms with Crippen molar-refractivity contribution in [2.75, 3.05) is 13.7 Å². The van der Waals surface area contributed by atoms with E-state index in [-0.39, 0.29) is 0 Å². The van der Waals surface area contributed by atoms with Crippen LogP contribution in [-0.4, -0.2) is 42.0 Å². The van der Waals surface area contributed by atoms with E-state index < -0.39 is 8.80 Å². The summed E-state index contributed by atoms with van der Waals surface area (Å²) in [7, 11) is -2.04. The third kappa shape index (κ3) is 5.05. The maximum atomic E-state index is 9.23. The highest BCUT2D eigenvalue weighted by atomic mass is 28.4. The number of nitrogens with zero attached hydrogens (tertiary/aromatic N) is 1. The second-order valence-electron chi connectivity index (χ2n) is 3.26. The van der Waals surface area contributed by atoms with Gasteiger partial charge < -0.3 is 24.3 Å². The summed E-state index contributed by atoms with van der Waals surface area (Å²) in [5.74, 6) is 0.873. The van der Waals surface area contributed by atoms with Crippen LogP contribution in [0.4, 0.5) is 0 Å². The maximum Gasteiger partial charge on any atom is 0.495 e. The minimum atomic E-state index is -3.36. The van der Waals surface area contributed by atoms with Crippen LogP contribution in [0.2, 0.25) is 6.04 Å². The summed E-state index contributed by atoms with van der Waals surface area (Å²) in [5.41, 5.74) is 0. The van der Waals surface area contributed by atoms with Gasteiger partial charge in [0.05, 0.1) is 6.54 Å². The molecule has 0 atom stereocenters. The van der Waals surface area contributed by atoms with E-state index in [2.05, 4.69) is 19.7 Å². The Morgan fingerprint density at radius 2 is 2.40 bits per heavy atom. The topological polar surface area (TPSA) is 90.4 Å². The molecule has 0 saturated heterocycles. The molecule has 0 saturated carbocycles. The van der Waals surface area contributed by atoms with Crippen LogP contribution in [0.3, 0.4) is 0 Å². The molecule has 0 aliphatic rings. The van der Waals surface area contributed by atoms with E-state index in [1.807, 2.05) is 0 Å². The van der Waals surface area contributed by atoms with Crippen molar-refractivity contribution in [2.45, 2.75) is 19.0 Å². The molecule has 86 valence electrons. The molecule has 7 heteroatoms. The minimum absolute atomic E-state index is 0.314. The van der Waals surface area contributed by atoms with Crippen molar-refractivity contribution in [3.8, 4) is 0 Å². The van der Waals surface area contributed by atoms with Gasteiger partial charge in [0.1, 0.15) is 5.82 Å². The first-order valence-electron chi connectivity index (χ1n) is 4.83. The molecule has 0 aliphatic heterocycles. The molecule has 0 bridgehead atoms. The number of nitrogens with one attached hydrogen (secondary N) is 2. The highest BCUT2D eigenvalue weighted by Gasteiger charge is 2.29. The lowest BCUT2D eigenvalue weighted by molar-refractivity contribution is 0.183. The standard InChI is InChI=1S/C8H17N3O3Si/c1-14-15(12,13)6-2-3-9-7-8-10-4-5-11-8/h4-5,9,12-13H,2-3,6-7H2,1H3,(H,10,11). The molecular formula is C8H17N3O3Si. The summed E-state index contributed by atoms with van der Waals surface area (Å²) in [6.07, 6.45) is 4.14. The number of H-pyrrole nitrogens is 1. The third-order valence-corrected chi connectivity index (χ3v) is 3.69. The third-order valence-electron chi connectivity index (χ3n) is 2.03. The van der Waals surface area contributed by atoms with Gasteiger partial charge in [-0.15, -0.1) is 0 Å². The molecular weight excluding hydrogens is 214 g/mol. The van der Waals surface area contributed by atoms with Crippen LogP contribution in [0.25, 0.3) is 0 Å². The Morgan fingerprint density at radius 3 is 3.00 bits per heavy atom. The van der Waals surface area contributed by atoms with Crippen LogP contribution in [0.5, 0.6) is 0 Å². The van der Waals surface area contributed by atoms with Crippen molar-refractivity contribution in [3.05, 3.63) is 18.2 Å². The predicted octanol–water partition coefficient (Wildman–Crippen LogP) is -0.541. The largest absolute Gasteiger partial charge is 0.495 e. The van der Waals surface area contributed by atoms with E-state index in [0.29, 0.717) is 25.6 Å². The minimum Gasteiger partial charge on any atom is -0.390 e. The van der Waals surface area contributed by atoms with Gasteiger partial charge >= 0.3 is 8.80 Å². The Kier molecular flexibility index (Phi) is 4.92. The smallest absolute Gasteiger partial charge is 0.390 e. The van der Waals surface area contributed by atoms with Gasteiger partial charge in [-0.2, -0.15) is 0 Å². The molecule has 1 aromatic heterocycles. The van der Waals surface area contributed by atoms with E-state index in [1.54, 1.807) is 12.4 Å². The van der Waals surface area contributed by atoms with Crippen LogP contribution in [0.1, 0.15) is 12.2 Å². The molecule has 0 radical (unpaired) electrons. The first-order valence-corrected chi connectivity index (χ1v) is 6.84. The highest BCUT2D eigenvalue weighted by molar-refractivity contribution is 6.57. The fraction of sp³-hybridized carbons (Fsp3) is 0.625. The predicted molar refractivity (Wildman–Crippen MR) is 56.9 cm³/mol. The lowest BCUT2D eigenvalue weighted by atomic mass is 10.4. The fourth-order valence-corrected chi connectivity index (χ4v) is 1.99.